The summed E-state index contributed by atoms with van der Waals surface area (Å²) in [7, 11) is 3.07. The summed E-state index contributed by atoms with van der Waals surface area (Å²) in [4.78, 5) is 11.2. The molecule has 74 valence electrons. The Balaban J connectivity index is 2.60. The third-order valence-corrected chi connectivity index (χ3v) is 2.44. The van der Waals surface area contributed by atoms with E-state index in [4.69, 9.17) is 14.9 Å². The molecule has 0 heterocycles. The van der Waals surface area contributed by atoms with Gasteiger partial charge in [-0.25, -0.2) is 0 Å². The first-order valence-corrected chi connectivity index (χ1v) is 4.32. The van der Waals surface area contributed by atoms with Crippen LogP contribution in [0.3, 0.4) is 0 Å². The van der Waals surface area contributed by atoms with Crippen molar-refractivity contribution in [2.45, 2.75) is 12.8 Å². The molecule has 0 aromatic carbocycles. The molecule has 4 nitrogen and oxygen atoms in total. The van der Waals surface area contributed by atoms with Crippen LogP contribution in [0.1, 0.15) is 12.8 Å². The molecule has 0 spiro atoms. The molecular weight excluding hydrogens is 170 g/mol. The van der Waals surface area contributed by atoms with Crippen LogP contribution in [0, 0.1) is 17.2 Å². The van der Waals surface area contributed by atoms with Crippen LogP contribution in [0.4, 0.5) is 0 Å². The van der Waals surface area contributed by atoms with Gasteiger partial charge in [0.2, 0.25) is 0 Å². The van der Waals surface area contributed by atoms with Crippen molar-refractivity contribution in [3.63, 3.8) is 0 Å². The highest BCUT2D eigenvalue weighted by atomic mass is 16.5. The summed E-state index contributed by atoms with van der Waals surface area (Å²) in [6.45, 7) is 0.530. The van der Waals surface area contributed by atoms with Crippen LogP contribution in [-0.4, -0.2) is 32.5 Å². The number of ketones is 1. The number of Topliss-reactive ketones (excluding diaryl/α,β-unsaturated/α-hetero) is 1. The molecular formula is C9H15NO3. The summed E-state index contributed by atoms with van der Waals surface area (Å²) < 4.78 is 9.83. The Bertz CT molecular complexity index is 215. The van der Waals surface area contributed by atoms with Gasteiger partial charge in [0.1, 0.15) is 5.78 Å². The molecule has 1 aliphatic rings. The fourth-order valence-electron chi connectivity index (χ4n) is 1.78. The van der Waals surface area contributed by atoms with Crippen molar-refractivity contribution < 1.29 is 14.3 Å². The zero-order valence-corrected chi connectivity index (χ0v) is 8.00. The van der Waals surface area contributed by atoms with Gasteiger partial charge in [-0.1, -0.05) is 0 Å². The monoisotopic (exact) mass is 185 g/mol. The van der Waals surface area contributed by atoms with E-state index in [1.54, 1.807) is 7.11 Å². The van der Waals surface area contributed by atoms with Crippen molar-refractivity contribution in [2.24, 2.45) is 11.8 Å². The van der Waals surface area contributed by atoms with Crippen LogP contribution in [0.15, 0.2) is 0 Å². The molecule has 1 N–H and O–H groups in total. The Labute approximate surface area is 77.7 Å². The average Bonchev–Trinajstić information content (AvgIpc) is 2.46. The topological polar surface area (TPSA) is 59.4 Å². The second-order valence-electron chi connectivity index (χ2n) is 3.34. The first kappa shape index (κ1) is 10.2. The lowest BCUT2D eigenvalue weighted by molar-refractivity contribution is -0.117. The van der Waals surface area contributed by atoms with Crippen LogP contribution in [0.25, 0.3) is 0 Å². The average molecular weight is 185 g/mol. The summed E-state index contributed by atoms with van der Waals surface area (Å²) in [5.41, 5.74) is 0. The number of rotatable bonds is 3. The molecule has 0 saturated heterocycles. The molecule has 13 heavy (non-hydrogen) atoms. The Hall–Kier alpha value is -0.900. The molecule has 1 aliphatic carbocycles. The van der Waals surface area contributed by atoms with E-state index in [0.29, 0.717) is 19.4 Å². The Kier molecular flexibility index (Phi) is 3.42. The quantitative estimate of drug-likeness (QED) is 0.524. The van der Waals surface area contributed by atoms with Gasteiger partial charge in [0, 0.05) is 31.8 Å². The van der Waals surface area contributed by atoms with E-state index < -0.39 is 0 Å². The van der Waals surface area contributed by atoms with Gasteiger partial charge in [0.15, 0.2) is 5.90 Å². The first-order chi connectivity index (χ1) is 6.19. The van der Waals surface area contributed by atoms with Crippen molar-refractivity contribution in [2.75, 3.05) is 20.8 Å². The smallest absolute Gasteiger partial charge is 0.184 e. The fraction of sp³-hybridized carbons (Fsp3) is 0.778. The summed E-state index contributed by atoms with van der Waals surface area (Å²) in [5, 5.41) is 7.50. The molecule has 2 atom stereocenters. The fourth-order valence-corrected chi connectivity index (χ4v) is 1.78. The number of carbonyl (C=O) groups excluding carboxylic acids is 1. The van der Waals surface area contributed by atoms with Crippen molar-refractivity contribution >= 4 is 11.7 Å². The predicted octanol–water partition coefficient (Wildman–Crippen LogP) is 0.852. The van der Waals surface area contributed by atoms with E-state index in [1.807, 2.05) is 0 Å². The van der Waals surface area contributed by atoms with Gasteiger partial charge in [-0.15, -0.1) is 0 Å². The van der Waals surface area contributed by atoms with E-state index in [-0.39, 0.29) is 23.5 Å². The predicted molar refractivity (Wildman–Crippen MR) is 47.8 cm³/mol. The highest BCUT2D eigenvalue weighted by Crippen LogP contribution is 2.30. The molecule has 0 bridgehead atoms. The molecule has 0 radical (unpaired) electrons. The summed E-state index contributed by atoms with van der Waals surface area (Å²) >= 11 is 0. The zero-order valence-electron chi connectivity index (χ0n) is 8.00. The lowest BCUT2D eigenvalue weighted by Crippen LogP contribution is -2.22. The molecule has 0 aromatic rings. The van der Waals surface area contributed by atoms with Crippen molar-refractivity contribution in [1.29, 1.82) is 5.41 Å². The zero-order chi connectivity index (χ0) is 9.84. The van der Waals surface area contributed by atoms with Crippen LogP contribution in [0.2, 0.25) is 0 Å². The Morgan fingerprint density at radius 1 is 1.54 bits per heavy atom. The van der Waals surface area contributed by atoms with Gasteiger partial charge in [0.05, 0.1) is 13.7 Å². The standard InChI is InChI=1S/C9H15NO3/c1-12-5-6-3-7(11)4-8(6)9(10)13-2/h6,8,10H,3-5H2,1-2H3. The second kappa shape index (κ2) is 4.37. The van der Waals surface area contributed by atoms with Gasteiger partial charge in [-0.2, -0.15) is 0 Å². The molecule has 0 aromatic heterocycles. The maximum absolute atomic E-state index is 11.2. The Morgan fingerprint density at radius 2 is 2.23 bits per heavy atom. The highest BCUT2D eigenvalue weighted by molar-refractivity contribution is 5.89. The number of hydrogen-bond donors (Lipinski definition) is 1. The van der Waals surface area contributed by atoms with Crippen molar-refractivity contribution in [1.82, 2.24) is 0 Å². The lowest BCUT2D eigenvalue weighted by Gasteiger charge is -2.17. The largest absolute Gasteiger partial charge is 0.484 e. The van der Waals surface area contributed by atoms with E-state index in [2.05, 4.69) is 0 Å². The first-order valence-electron chi connectivity index (χ1n) is 4.32. The highest BCUT2D eigenvalue weighted by Gasteiger charge is 2.36. The third kappa shape index (κ3) is 2.28. The maximum atomic E-state index is 11.2. The minimum Gasteiger partial charge on any atom is -0.484 e. The van der Waals surface area contributed by atoms with Gasteiger partial charge >= 0.3 is 0 Å². The number of methoxy groups -OCH3 is 2. The Morgan fingerprint density at radius 3 is 2.77 bits per heavy atom. The molecule has 1 saturated carbocycles. The normalized spacial score (nSPS) is 27.7. The van der Waals surface area contributed by atoms with Crippen molar-refractivity contribution in [3.8, 4) is 0 Å². The second-order valence-corrected chi connectivity index (χ2v) is 3.34. The van der Waals surface area contributed by atoms with E-state index in [1.165, 1.54) is 7.11 Å². The van der Waals surface area contributed by atoms with Gasteiger partial charge in [-0.05, 0) is 0 Å². The number of nitrogens with one attached hydrogen (secondary N) is 1. The molecule has 0 aliphatic heterocycles. The van der Waals surface area contributed by atoms with Gasteiger partial charge < -0.3 is 9.47 Å². The minimum absolute atomic E-state index is 0.0718. The summed E-state index contributed by atoms with van der Waals surface area (Å²) in [6.07, 6.45) is 0.949. The van der Waals surface area contributed by atoms with Crippen LogP contribution in [-0.2, 0) is 14.3 Å². The molecule has 1 rings (SSSR count). The van der Waals surface area contributed by atoms with Crippen LogP contribution >= 0.6 is 0 Å². The number of hydrogen-bond acceptors (Lipinski definition) is 4. The SMILES string of the molecule is COCC1CC(=O)CC1C(=N)OC. The van der Waals surface area contributed by atoms with Crippen LogP contribution in [0.5, 0.6) is 0 Å². The molecule has 4 heteroatoms. The lowest BCUT2D eigenvalue weighted by atomic mass is 9.97. The van der Waals surface area contributed by atoms with Crippen LogP contribution < -0.4 is 0 Å². The summed E-state index contributed by atoms with van der Waals surface area (Å²) in [6, 6.07) is 0. The number of carbonyl (C=O) groups is 1. The third-order valence-electron chi connectivity index (χ3n) is 2.44. The van der Waals surface area contributed by atoms with Gasteiger partial charge in [-0.3, -0.25) is 10.2 Å². The van der Waals surface area contributed by atoms with E-state index >= 15 is 0 Å². The number of ether oxygens (including phenoxy) is 2. The molecule has 0 amide bonds. The van der Waals surface area contributed by atoms with Crippen molar-refractivity contribution in [3.05, 3.63) is 0 Å². The van der Waals surface area contributed by atoms with E-state index in [0.717, 1.165) is 0 Å². The summed E-state index contributed by atoms with van der Waals surface area (Å²) in [5.74, 6) is 0.462. The minimum atomic E-state index is -0.0718. The molecule has 1 fully saturated rings. The maximum Gasteiger partial charge on any atom is 0.184 e. The van der Waals surface area contributed by atoms with E-state index in [9.17, 15) is 4.79 Å². The van der Waals surface area contributed by atoms with Gasteiger partial charge in [0.25, 0.3) is 0 Å². The molecule has 2 unspecified atom stereocenters.